The van der Waals surface area contributed by atoms with E-state index in [0.717, 1.165) is 22.8 Å². The predicted molar refractivity (Wildman–Crippen MR) is 117 cm³/mol. The fraction of sp³-hybridized carbons (Fsp3) is 0.364. The number of amides is 1. The van der Waals surface area contributed by atoms with Crippen LogP contribution in [0.2, 0.25) is 0 Å². The monoisotopic (exact) mass is 422 g/mol. The molecule has 1 aromatic carbocycles. The molecule has 31 heavy (non-hydrogen) atoms. The molecule has 9 nitrogen and oxygen atoms in total. The summed E-state index contributed by atoms with van der Waals surface area (Å²) in [6.07, 6.45) is 3.28. The van der Waals surface area contributed by atoms with Crippen LogP contribution >= 0.6 is 0 Å². The number of aromatic nitrogens is 4. The van der Waals surface area contributed by atoms with Crippen molar-refractivity contribution in [2.24, 2.45) is 7.05 Å². The Morgan fingerprint density at radius 2 is 1.84 bits per heavy atom. The predicted octanol–water partition coefficient (Wildman–Crippen LogP) is 2.25. The third kappa shape index (κ3) is 4.45. The van der Waals surface area contributed by atoms with Gasteiger partial charge in [-0.15, -0.1) is 5.10 Å². The van der Waals surface area contributed by atoms with Gasteiger partial charge in [0.15, 0.2) is 0 Å². The highest BCUT2D eigenvalue weighted by Gasteiger charge is 2.26. The van der Waals surface area contributed by atoms with Crippen molar-refractivity contribution in [2.75, 3.05) is 44.8 Å². The van der Waals surface area contributed by atoms with Crippen LogP contribution in [-0.2, 0) is 7.05 Å². The SMILES string of the molecule is CCOc1ccc(-c2cc(N3CCN(C(=O)c4cn(C)nc4OC)CC3)ncn2)cc1. The number of rotatable bonds is 6. The number of hydrogen-bond acceptors (Lipinski definition) is 7. The van der Waals surface area contributed by atoms with Crippen LogP contribution in [0, 0.1) is 0 Å². The van der Waals surface area contributed by atoms with Gasteiger partial charge in [0.25, 0.3) is 5.91 Å². The van der Waals surface area contributed by atoms with E-state index in [1.807, 2.05) is 42.2 Å². The van der Waals surface area contributed by atoms with Crippen LogP contribution in [0.4, 0.5) is 5.82 Å². The largest absolute Gasteiger partial charge is 0.494 e. The van der Waals surface area contributed by atoms with Crippen molar-refractivity contribution in [3.05, 3.63) is 48.4 Å². The molecular formula is C22H26N6O3. The molecule has 0 unspecified atom stereocenters. The molecule has 4 rings (SSSR count). The summed E-state index contributed by atoms with van der Waals surface area (Å²) in [5.41, 5.74) is 2.34. The third-order valence-electron chi connectivity index (χ3n) is 5.22. The molecule has 0 saturated carbocycles. The number of methoxy groups -OCH3 is 1. The van der Waals surface area contributed by atoms with E-state index in [9.17, 15) is 4.79 Å². The maximum absolute atomic E-state index is 12.9. The number of aryl methyl sites for hydroxylation is 1. The van der Waals surface area contributed by atoms with Crippen LogP contribution in [0.25, 0.3) is 11.3 Å². The Kier molecular flexibility index (Phi) is 6.01. The van der Waals surface area contributed by atoms with Crippen LogP contribution < -0.4 is 14.4 Å². The van der Waals surface area contributed by atoms with Crippen molar-refractivity contribution in [2.45, 2.75) is 6.92 Å². The molecule has 162 valence electrons. The molecular weight excluding hydrogens is 396 g/mol. The van der Waals surface area contributed by atoms with Crippen molar-refractivity contribution < 1.29 is 14.3 Å². The van der Waals surface area contributed by atoms with E-state index in [1.54, 1.807) is 24.3 Å². The molecule has 3 aromatic rings. The Balaban J connectivity index is 1.43. The average molecular weight is 422 g/mol. The van der Waals surface area contributed by atoms with Crippen LogP contribution in [0.15, 0.2) is 42.9 Å². The molecule has 1 amide bonds. The minimum atomic E-state index is -0.0673. The minimum absolute atomic E-state index is 0.0673. The van der Waals surface area contributed by atoms with Crippen molar-refractivity contribution in [1.29, 1.82) is 0 Å². The molecule has 0 N–H and O–H groups in total. The zero-order valence-electron chi connectivity index (χ0n) is 18.0. The summed E-state index contributed by atoms with van der Waals surface area (Å²) in [5, 5.41) is 4.17. The summed E-state index contributed by atoms with van der Waals surface area (Å²) in [5.74, 6) is 1.98. The van der Waals surface area contributed by atoms with Crippen LogP contribution in [0.3, 0.4) is 0 Å². The van der Waals surface area contributed by atoms with Gasteiger partial charge in [0.2, 0.25) is 5.88 Å². The zero-order chi connectivity index (χ0) is 21.8. The first-order valence-electron chi connectivity index (χ1n) is 10.3. The Labute approximate surface area is 181 Å². The maximum atomic E-state index is 12.9. The molecule has 0 atom stereocenters. The summed E-state index contributed by atoms with van der Waals surface area (Å²) in [7, 11) is 3.29. The van der Waals surface area contributed by atoms with Gasteiger partial charge in [-0.2, -0.15) is 0 Å². The van der Waals surface area contributed by atoms with Gasteiger partial charge >= 0.3 is 0 Å². The summed E-state index contributed by atoms with van der Waals surface area (Å²) in [6, 6.07) is 9.86. The first-order chi connectivity index (χ1) is 15.1. The van der Waals surface area contributed by atoms with Gasteiger partial charge in [-0.25, -0.2) is 9.97 Å². The molecule has 2 aromatic heterocycles. The highest BCUT2D eigenvalue weighted by molar-refractivity contribution is 5.96. The van der Waals surface area contributed by atoms with Crippen molar-refractivity contribution in [1.82, 2.24) is 24.6 Å². The normalized spacial score (nSPS) is 13.9. The second-order valence-corrected chi connectivity index (χ2v) is 7.22. The number of nitrogens with zero attached hydrogens (tertiary/aromatic N) is 6. The molecule has 1 saturated heterocycles. The fourth-order valence-corrected chi connectivity index (χ4v) is 3.64. The van der Waals surface area contributed by atoms with Gasteiger partial charge in [-0.05, 0) is 31.2 Å². The van der Waals surface area contributed by atoms with E-state index in [-0.39, 0.29) is 5.91 Å². The second-order valence-electron chi connectivity index (χ2n) is 7.22. The number of benzene rings is 1. The number of carbonyl (C=O) groups excluding carboxylic acids is 1. The van der Waals surface area contributed by atoms with E-state index in [4.69, 9.17) is 9.47 Å². The van der Waals surface area contributed by atoms with E-state index >= 15 is 0 Å². The minimum Gasteiger partial charge on any atom is -0.494 e. The average Bonchev–Trinajstić information content (AvgIpc) is 3.20. The van der Waals surface area contributed by atoms with E-state index < -0.39 is 0 Å². The lowest BCUT2D eigenvalue weighted by molar-refractivity contribution is 0.0743. The first kappa shape index (κ1) is 20.6. The van der Waals surface area contributed by atoms with Crippen LogP contribution in [-0.4, -0.2) is 70.5 Å². The Hall–Kier alpha value is -3.62. The van der Waals surface area contributed by atoms with Gasteiger partial charge in [0, 0.05) is 51.1 Å². The van der Waals surface area contributed by atoms with Gasteiger partial charge in [0.05, 0.1) is 19.4 Å². The summed E-state index contributed by atoms with van der Waals surface area (Å²) in [6.45, 7) is 5.17. The van der Waals surface area contributed by atoms with Crippen molar-refractivity contribution in [3.8, 4) is 22.9 Å². The number of carbonyl (C=O) groups is 1. The molecule has 0 radical (unpaired) electrons. The number of anilines is 1. The zero-order valence-corrected chi connectivity index (χ0v) is 18.0. The van der Waals surface area contributed by atoms with E-state index in [0.29, 0.717) is 44.2 Å². The second kappa shape index (κ2) is 9.03. The number of hydrogen-bond donors (Lipinski definition) is 0. The van der Waals surface area contributed by atoms with Crippen molar-refractivity contribution in [3.63, 3.8) is 0 Å². The topological polar surface area (TPSA) is 85.6 Å². The lowest BCUT2D eigenvalue weighted by Crippen LogP contribution is -2.49. The fourth-order valence-electron chi connectivity index (χ4n) is 3.64. The standard InChI is InChI=1S/C22H26N6O3/c1-4-31-17-7-5-16(6-8-17)19-13-20(24-15-23-19)27-9-11-28(12-10-27)22(29)18-14-26(2)25-21(18)30-3/h5-8,13-15H,4,9-12H2,1-3H3. The highest BCUT2D eigenvalue weighted by Crippen LogP contribution is 2.24. The van der Waals surface area contributed by atoms with Crippen LogP contribution in [0.1, 0.15) is 17.3 Å². The molecule has 0 aliphatic carbocycles. The lowest BCUT2D eigenvalue weighted by Gasteiger charge is -2.35. The lowest BCUT2D eigenvalue weighted by atomic mass is 10.1. The van der Waals surface area contributed by atoms with Gasteiger partial charge < -0.3 is 19.3 Å². The third-order valence-corrected chi connectivity index (χ3v) is 5.22. The summed E-state index contributed by atoms with van der Waals surface area (Å²) < 4.78 is 12.3. The first-order valence-corrected chi connectivity index (χ1v) is 10.3. The molecule has 3 heterocycles. The van der Waals surface area contributed by atoms with Crippen LogP contribution in [0.5, 0.6) is 11.6 Å². The number of piperazine rings is 1. The smallest absolute Gasteiger partial charge is 0.261 e. The summed E-state index contributed by atoms with van der Waals surface area (Å²) >= 11 is 0. The van der Waals surface area contributed by atoms with E-state index in [1.165, 1.54) is 7.11 Å². The Bertz CT molecular complexity index is 1040. The molecule has 1 aliphatic rings. The molecule has 0 bridgehead atoms. The van der Waals surface area contributed by atoms with E-state index in [2.05, 4.69) is 20.0 Å². The molecule has 0 spiro atoms. The highest BCUT2D eigenvalue weighted by atomic mass is 16.5. The number of ether oxygens (including phenoxy) is 2. The van der Waals surface area contributed by atoms with Gasteiger partial charge in [0.1, 0.15) is 23.5 Å². The molecule has 1 aliphatic heterocycles. The molecule has 1 fully saturated rings. The summed E-state index contributed by atoms with van der Waals surface area (Å²) in [4.78, 5) is 25.7. The van der Waals surface area contributed by atoms with Gasteiger partial charge in [-0.1, -0.05) is 0 Å². The molecule has 9 heteroatoms. The van der Waals surface area contributed by atoms with Gasteiger partial charge in [-0.3, -0.25) is 9.48 Å². The Morgan fingerprint density at radius 3 is 2.52 bits per heavy atom. The quantitative estimate of drug-likeness (QED) is 0.602. The Morgan fingerprint density at radius 1 is 1.10 bits per heavy atom. The van der Waals surface area contributed by atoms with Crippen molar-refractivity contribution >= 4 is 11.7 Å². The maximum Gasteiger partial charge on any atom is 0.261 e.